The highest BCUT2D eigenvalue weighted by Gasteiger charge is 2.05. The molecule has 0 bridgehead atoms. The van der Waals surface area contributed by atoms with Crippen molar-refractivity contribution >= 4 is 26.8 Å². The fraction of sp³-hybridized carbons (Fsp3) is 0. The topological polar surface area (TPSA) is 4.93 Å². The van der Waals surface area contributed by atoms with Gasteiger partial charge in [-0.1, -0.05) is 58.4 Å². The van der Waals surface area contributed by atoms with E-state index in [9.17, 15) is 0 Å². The van der Waals surface area contributed by atoms with Gasteiger partial charge in [0.15, 0.2) is 0 Å². The molecule has 0 unspecified atom stereocenters. The minimum Gasteiger partial charge on any atom is -0.317 e. The maximum Gasteiger partial charge on any atom is 0.0528 e. The van der Waals surface area contributed by atoms with Crippen LogP contribution >= 0.6 is 15.9 Å². The van der Waals surface area contributed by atoms with Crippen LogP contribution in [-0.4, -0.2) is 4.57 Å². The van der Waals surface area contributed by atoms with Crippen molar-refractivity contribution < 1.29 is 0 Å². The molecule has 22 heavy (non-hydrogen) atoms. The molecule has 0 radical (unpaired) electrons. The molecular weight excluding hydrogens is 334 g/mol. The zero-order valence-corrected chi connectivity index (χ0v) is 13.5. The molecule has 0 saturated carbocycles. The maximum atomic E-state index is 3.54. The van der Waals surface area contributed by atoms with Crippen molar-refractivity contribution in [3.8, 4) is 16.8 Å². The van der Waals surface area contributed by atoms with Crippen molar-refractivity contribution in [2.24, 2.45) is 0 Å². The highest BCUT2D eigenvalue weighted by atomic mass is 79.9. The third kappa shape index (κ3) is 2.36. The lowest BCUT2D eigenvalue weighted by Gasteiger charge is -2.07. The second-order valence-electron chi connectivity index (χ2n) is 5.31. The number of fused-ring (bicyclic) bond motifs is 1. The third-order valence-corrected chi connectivity index (χ3v) is 4.38. The molecule has 0 N–H and O–H groups in total. The Morgan fingerprint density at radius 2 is 1.55 bits per heavy atom. The van der Waals surface area contributed by atoms with Gasteiger partial charge in [-0.3, -0.25) is 0 Å². The molecular formula is C20H14BrN. The molecule has 3 aromatic carbocycles. The lowest BCUT2D eigenvalue weighted by Crippen LogP contribution is -1.91. The number of aromatic nitrogens is 1. The van der Waals surface area contributed by atoms with Gasteiger partial charge in [-0.15, -0.1) is 0 Å². The summed E-state index contributed by atoms with van der Waals surface area (Å²) in [6, 6.07) is 27.6. The smallest absolute Gasteiger partial charge is 0.0528 e. The Hall–Kier alpha value is -2.32. The van der Waals surface area contributed by atoms with Crippen molar-refractivity contribution in [2.75, 3.05) is 0 Å². The van der Waals surface area contributed by atoms with Crippen molar-refractivity contribution in [1.29, 1.82) is 0 Å². The van der Waals surface area contributed by atoms with Gasteiger partial charge in [0.2, 0.25) is 0 Å². The molecule has 1 heterocycles. The molecule has 0 aliphatic heterocycles. The fourth-order valence-corrected chi connectivity index (χ4v) is 3.19. The normalized spacial score (nSPS) is 11.0. The number of benzene rings is 3. The summed E-state index contributed by atoms with van der Waals surface area (Å²) in [5, 5.41) is 1.25. The van der Waals surface area contributed by atoms with Crippen LogP contribution < -0.4 is 0 Å². The summed E-state index contributed by atoms with van der Waals surface area (Å²) in [4.78, 5) is 0. The average molecular weight is 348 g/mol. The van der Waals surface area contributed by atoms with E-state index in [1.165, 1.54) is 22.0 Å². The molecule has 0 spiro atoms. The summed E-state index contributed by atoms with van der Waals surface area (Å²) in [6.07, 6.45) is 2.13. The van der Waals surface area contributed by atoms with Gasteiger partial charge in [0.05, 0.1) is 5.52 Å². The molecule has 0 aliphatic carbocycles. The summed E-state index contributed by atoms with van der Waals surface area (Å²) < 4.78 is 3.31. The van der Waals surface area contributed by atoms with Crippen LogP contribution in [0.2, 0.25) is 0 Å². The number of hydrogen-bond acceptors (Lipinski definition) is 0. The van der Waals surface area contributed by atoms with E-state index in [-0.39, 0.29) is 0 Å². The molecule has 2 heteroatoms. The van der Waals surface area contributed by atoms with Gasteiger partial charge >= 0.3 is 0 Å². The second-order valence-corrected chi connectivity index (χ2v) is 6.22. The molecule has 0 saturated heterocycles. The van der Waals surface area contributed by atoms with Crippen LogP contribution in [0.25, 0.3) is 27.7 Å². The van der Waals surface area contributed by atoms with Crippen molar-refractivity contribution in [3.63, 3.8) is 0 Å². The zero-order valence-electron chi connectivity index (χ0n) is 11.9. The van der Waals surface area contributed by atoms with Gasteiger partial charge in [-0.2, -0.15) is 0 Å². The average Bonchev–Trinajstić information content (AvgIpc) is 2.99. The second kappa shape index (κ2) is 5.47. The number of nitrogens with zero attached hydrogens (tertiary/aromatic N) is 1. The van der Waals surface area contributed by atoms with Gasteiger partial charge < -0.3 is 4.57 Å². The molecule has 106 valence electrons. The van der Waals surface area contributed by atoms with Crippen LogP contribution in [-0.2, 0) is 0 Å². The van der Waals surface area contributed by atoms with Gasteiger partial charge in [-0.05, 0) is 47.5 Å². The van der Waals surface area contributed by atoms with Crippen LogP contribution in [0.1, 0.15) is 0 Å². The summed E-state index contributed by atoms with van der Waals surface area (Å²) >= 11 is 3.54. The lowest BCUT2D eigenvalue weighted by molar-refractivity contribution is 1.13. The number of halogens is 1. The monoisotopic (exact) mass is 347 g/mol. The van der Waals surface area contributed by atoms with Crippen LogP contribution in [0.4, 0.5) is 0 Å². The largest absolute Gasteiger partial charge is 0.317 e. The summed E-state index contributed by atoms with van der Waals surface area (Å²) in [7, 11) is 0. The van der Waals surface area contributed by atoms with E-state index in [1.54, 1.807) is 0 Å². The molecule has 0 fully saturated rings. The minimum absolute atomic E-state index is 1.09. The highest BCUT2D eigenvalue weighted by molar-refractivity contribution is 9.10. The van der Waals surface area contributed by atoms with E-state index in [4.69, 9.17) is 0 Å². The first-order chi connectivity index (χ1) is 10.8. The van der Waals surface area contributed by atoms with Crippen molar-refractivity contribution in [1.82, 2.24) is 4.57 Å². The predicted molar refractivity (Wildman–Crippen MR) is 96.4 cm³/mol. The number of rotatable bonds is 2. The van der Waals surface area contributed by atoms with Gasteiger partial charge in [0.25, 0.3) is 0 Å². The van der Waals surface area contributed by atoms with E-state index < -0.39 is 0 Å². The zero-order chi connectivity index (χ0) is 14.9. The SMILES string of the molecule is Brc1cccc(-n2ccc3cc(-c4ccccc4)ccc32)c1. The molecule has 1 nitrogen and oxygen atoms in total. The van der Waals surface area contributed by atoms with Crippen LogP contribution in [0.15, 0.2) is 89.5 Å². The highest BCUT2D eigenvalue weighted by Crippen LogP contribution is 2.27. The first kappa shape index (κ1) is 13.4. The Bertz CT molecular complexity index is 938. The van der Waals surface area contributed by atoms with E-state index in [1.807, 2.05) is 12.1 Å². The molecule has 0 amide bonds. The van der Waals surface area contributed by atoms with Gasteiger partial charge in [-0.25, -0.2) is 0 Å². The van der Waals surface area contributed by atoms with Crippen molar-refractivity contribution in [2.45, 2.75) is 0 Å². The standard InChI is InChI=1S/C20H14BrN/c21-18-7-4-8-19(14-18)22-12-11-17-13-16(9-10-20(17)22)15-5-2-1-3-6-15/h1-14H. The summed E-state index contributed by atoms with van der Waals surface area (Å²) in [5.41, 5.74) is 4.88. The summed E-state index contributed by atoms with van der Waals surface area (Å²) in [5.74, 6) is 0. The lowest BCUT2D eigenvalue weighted by atomic mass is 10.0. The molecule has 0 atom stereocenters. The van der Waals surface area contributed by atoms with E-state index >= 15 is 0 Å². The van der Waals surface area contributed by atoms with E-state index in [2.05, 4.69) is 93.4 Å². The van der Waals surface area contributed by atoms with Gasteiger partial charge in [0.1, 0.15) is 0 Å². The fourth-order valence-electron chi connectivity index (χ4n) is 2.80. The van der Waals surface area contributed by atoms with Crippen molar-refractivity contribution in [3.05, 3.63) is 89.5 Å². The number of hydrogen-bond donors (Lipinski definition) is 0. The molecule has 4 aromatic rings. The Balaban J connectivity index is 1.84. The van der Waals surface area contributed by atoms with Gasteiger partial charge in [0, 0.05) is 21.7 Å². The first-order valence-electron chi connectivity index (χ1n) is 7.24. The van der Waals surface area contributed by atoms with Crippen LogP contribution in [0.5, 0.6) is 0 Å². The molecule has 1 aromatic heterocycles. The molecule has 0 aliphatic rings. The first-order valence-corrected chi connectivity index (χ1v) is 8.03. The minimum atomic E-state index is 1.09. The third-order valence-electron chi connectivity index (χ3n) is 3.88. The van der Waals surface area contributed by atoms with E-state index in [0.29, 0.717) is 0 Å². The van der Waals surface area contributed by atoms with Crippen LogP contribution in [0, 0.1) is 0 Å². The Morgan fingerprint density at radius 1 is 0.682 bits per heavy atom. The Morgan fingerprint density at radius 3 is 2.36 bits per heavy atom. The van der Waals surface area contributed by atoms with E-state index in [0.717, 1.165) is 10.2 Å². The maximum absolute atomic E-state index is 3.54. The quantitative estimate of drug-likeness (QED) is 0.415. The van der Waals surface area contributed by atoms with Crippen LogP contribution in [0.3, 0.4) is 0 Å². The summed E-state index contributed by atoms with van der Waals surface area (Å²) in [6.45, 7) is 0. The Kier molecular flexibility index (Phi) is 3.32. The molecule has 4 rings (SSSR count). The Labute approximate surface area is 138 Å². The predicted octanol–water partition coefficient (Wildman–Crippen LogP) is 6.06.